The largest absolute Gasteiger partial charge is 0.494 e. The molecule has 3 aromatic rings. The highest BCUT2D eigenvalue weighted by molar-refractivity contribution is 8.45. The Hall–Kier alpha value is -2.66. The molecule has 35 heavy (non-hydrogen) atoms. The van der Waals surface area contributed by atoms with Crippen molar-refractivity contribution in [1.82, 2.24) is 14.5 Å². The molecule has 192 valence electrons. The second-order valence-corrected chi connectivity index (χ2v) is 11.6. The van der Waals surface area contributed by atoms with Crippen LogP contribution in [0.3, 0.4) is 0 Å². The average Bonchev–Trinajstić information content (AvgIpc) is 2.76. The van der Waals surface area contributed by atoms with Gasteiger partial charge in [-0.3, -0.25) is 9.36 Å². The van der Waals surface area contributed by atoms with Gasteiger partial charge in [0.25, 0.3) is 5.56 Å². The number of hydrogen-bond acceptors (Lipinski definition) is 4. The fourth-order valence-corrected chi connectivity index (χ4v) is 5.14. The molecular weight excluding hydrogens is 489 g/mol. The Bertz CT molecular complexity index is 1290. The molecule has 1 aromatic heterocycles. The normalized spacial score (nSPS) is 19.3. The fraction of sp³-hybridized carbons (Fsp3) is 0.417. The molecule has 11 heteroatoms. The monoisotopic (exact) mass is 517 g/mol. The zero-order chi connectivity index (χ0) is 25.5. The maximum absolute atomic E-state index is 13.3. The van der Waals surface area contributed by atoms with Crippen LogP contribution in [0.15, 0.2) is 52.2 Å². The van der Waals surface area contributed by atoms with Crippen LogP contribution in [-0.2, 0) is 0 Å². The Morgan fingerprint density at radius 2 is 1.80 bits per heavy atom. The number of halogens is 5. The van der Waals surface area contributed by atoms with Gasteiger partial charge in [-0.1, -0.05) is 26.4 Å². The van der Waals surface area contributed by atoms with Gasteiger partial charge >= 0.3 is 10.2 Å². The summed E-state index contributed by atoms with van der Waals surface area (Å²) in [4.78, 5) is 17.5. The lowest BCUT2D eigenvalue weighted by Crippen LogP contribution is -2.35. The van der Waals surface area contributed by atoms with E-state index in [1.165, 1.54) is 19.8 Å². The predicted octanol–water partition coefficient (Wildman–Crippen LogP) is 6.85. The average molecular weight is 518 g/mol. The van der Waals surface area contributed by atoms with E-state index in [4.69, 9.17) is 4.74 Å². The van der Waals surface area contributed by atoms with Crippen LogP contribution >= 0.6 is 10.2 Å². The van der Waals surface area contributed by atoms with E-state index < -0.39 is 26.1 Å². The van der Waals surface area contributed by atoms with Crippen molar-refractivity contribution in [2.75, 3.05) is 26.2 Å². The van der Waals surface area contributed by atoms with Crippen LogP contribution in [0.25, 0.3) is 16.6 Å². The first-order chi connectivity index (χ1) is 16.2. The number of aryl methyl sites for hydroxylation is 1. The van der Waals surface area contributed by atoms with E-state index in [2.05, 4.69) is 16.8 Å². The number of benzene rings is 2. The number of ether oxygens (including phenoxy) is 1. The Morgan fingerprint density at radius 3 is 2.46 bits per heavy atom. The van der Waals surface area contributed by atoms with Crippen LogP contribution in [0, 0.1) is 12.8 Å². The van der Waals surface area contributed by atoms with Crippen LogP contribution in [0.1, 0.15) is 32.0 Å². The molecule has 5 nitrogen and oxygen atoms in total. The molecule has 0 bridgehead atoms. The molecule has 0 aliphatic carbocycles. The van der Waals surface area contributed by atoms with E-state index >= 15 is 0 Å². The van der Waals surface area contributed by atoms with Crippen LogP contribution in [-0.4, -0.2) is 40.7 Å². The molecule has 2 heterocycles. The smallest absolute Gasteiger partial charge is 0.310 e. The first-order valence-corrected chi connectivity index (χ1v) is 13.4. The summed E-state index contributed by atoms with van der Waals surface area (Å²) in [6.07, 6.45) is 3.36. The standard InChI is InChI=1S/C24H28F5N3O2S/c1-17-5-3-12-31(16-17)13-4-14-34-20-8-6-19(7-9-20)32-18(2)30-23-11-10-21(15-22(23)24(32)33)35(25,26,27,28)29/h6-11,15,17H,3-5,12-14,16H2,1-2H3. The summed E-state index contributed by atoms with van der Waals surface area (Å²) < 4.78 is 73.2. The Balaban J connectivity index is 1.51. The first-order valence-electron chi connectivity index (χ1n) is 11.4. The summed E-state index contributed by atoms with van der Waals surface area (Å²) >= 11 is 0. The lowest BCUT2D eigenvalue weighted by molar-refractivity contribution is 0.170. The predicted molar refractivity (Wildman–Crippen MR) is 128 cm³/mol. The van der Waals surface area contributed by atoms with E-state index in [0.717, 1.165) is 36.7 Å². The molecule has 1 saturated heterocycles. The molecule has 0 spiro atoms. The lowest BCUT2D eigenvalue weighted by atomic mass is 10.0. The topological polar surface area (TPSA) is 47.4 Å². The highest BCUT2D eigenvalue weighted by Crippen LogP contribution is 3.02. The van der Waals surface area contributed by atoms with Crippen LogP contribution in [0.4, 0.5) is 19.4 Å². The minimum atomic E-state index is -9.94. The van der Waals surface area contributed by atoms with Crippen molar-refractivity contribution in [3.63, 3.8) is 0 Å². The van der Waals surface area contributed by atoms with Crippen molar-refractivity contribution in [2.24, 2.45) is 5.92 Å². The number of nitrogens with zero attached hydrogens (tertiary/aromatic N) is 3. The van der Waals surface area contributed by atoms with Gasteiger partial charge in [-0.2, -0.15) is 0 Å². The van der Waals surface area contributed by atoms with Gasteiger partial charge in [0.2, 0.25) is 0 Å². The molecular formula is C24H28F5N3O2S. The minimum Gasteiger partial charge on any atom is -0.494 e. The molecule has 1 unspecified atom stereocenters. The molecule has 0 radical (unpaired) electrons. The summed E-state index contributed by atoms with van der Waals surface area (Å²) in [5.74, 6) is 1.52. The van der Waals surface area contributed by atoms with Gasteiger partial charge in [0.05, 0.1) is 23.2 Å². The highest BCUT2D eigenvalue weighted by atomic mass is 32.5. The van der Waals surface area contributed by atoms with E-state index in [1.54, 1.807) is 24.3 Å². The van der Waals surface area contributed by atoms with Gasteiger partial charge in [-0.05, 0) is 81.1 Å². The second-order valence-electron chi connectivity index (χ2n) is 9.19. The Labute approximate surface area is 200 Å². The Morgan fingerprint density at radius 1 is 1.09 bits per heavy atom. The molecule has 1 aliphatic heterocycles. The van der Waals surface area contributed by atoms with Crippen molar-refractivity contribution in [2.45, 2.75) is 38.0 Å². The van der Waals surface area contributed by atoms with Crippen molar-refractivity contribution in [3.8, 4) is 11.4 Å². The zero-order valence-corrected chi connectivity index (χ0v) is 20.3. The number of hydrogen-bond donors (Lipinski definition) is 0. The summed E-state index contributed by atoms with van der Waals surface area (Å²) in [6.45, 7) is 7.47. The van der Waals surface area contributed by atoms with E-state index in [0.29, 0.717) is 24.0 Å². The Kier molecular flexibility index (Phi) is 6.16. The van der Waals surface area contributed by atoms with E-state index in [-0.39, 0.29) is 23.5 Å². The maximum Gasteiger partial charge on any atom is 0.310 e. The number of likely N-dealkylation sites (tertiary alicyclic amines) is 1. The van der Waals surface area contributed by atoms with Gasteiger partial charge in [-0.25, -0.2) is 4.98 Å². The molecule has 1 atom stereocenters. The lowest BCUT2D eigenvalue weighted by Gasteiger charge is -2.40. The van der Waals surface area contributed by atoms with Crippen molar-refractivity contribution >= 4 is 21.1 Å². The minimum absolute atomic E-state index is 0.0857. The van der Waals surface area contributed by atoms with Crippen molar-refractivity contribution in [1.29, 1.82) is 0 Å². The van der Waals surface area contributed by atoms with Gasteiger partial charge in [0.1, 0.15) is 16.5 Å². The molecule has 0 amide bonds. The third-order valence-electron chi connectivity index (χ3n) is 6.18. The molecule has 0 saturated carbocycles. The number of aromatic nitrogens is 2. The van der Waals surface area contributed by atoms with E-state index in [9.17, 15) is 24.2 Å². The zero-order valence-electron chi connectivity index (χ0n) is 19.5. The summed E-state index contributed by atoms with van der Waals surface area (Å²) in [7, 11) is -9.94. The van der Waals surface area contributed by atoms with Gasteiger partial charge in [0.15, 0.2) is 0 Å². The number of rotatable bonds is 7. The second kappa shape index (κ2) is 8.48. The van der Waals surface area contributed by atoms with E-state index in [1.807, 2.05) is 0 Å². The fourth-order valence-electron chi connectivity index (χ4n) is 4.48. The molecule has 4 rings (SSSR count). The number of piperidine rings is 1. The summed E-state index contributed by atoms with van der Waals surface area (Å²) in [5, 5.41) is -0.534. The molecule has 1 aliphatic rings. The SMILES string of the molecule is Cc1nc2ccc(S(F)(F)(F)(F)F)cc2c(=O)n1-c1ccc(OCCCN2CCCC(C)C2)cc1. The highest BCUT2D eigenvalue weighted by Gasteiger charge is 2.65. The summed E-state index contributed by atoms with van der Waals surface area (Å²) in [6, 6.07) is 7.71. The van der Waals surface area contributed by atoms with Gasteiger partial charge in [0, 0.05) is 13.1 Å². The van der Waals surface area contributed by atoms with Crippen LogP contribution in [0.5, 0.6) is 5.75 Å². The van der Waals surface area contributed by atoms with Crippen LogP contribution in [0.2, 0.25) is 0 Å². The maximum atomic E-state index is 13.3. The third kappa shape index (κ3) is 5.95. The summed E-state index contributed by atoms with van der Waals surface area (Å²) in [5.41, 5.74) is -0.604. The molecule has 2 aromatic carbocycles. The molecule has 0 N–H and O–H groups in total. The van der Waals surface area contributed by atoms with Gasteiger partial charge in [-0.15, -0.1) is 0 Å². The van der Waals surface area contributed by atoms with Gasteiger partial charge < -0.3 is 9.64 Å². The molecule has 1 fully saturated rings. The quantitative estimate of drug-likeness (QED) is 0.254. The third-order valence-corrected chi connectivity index (χ3v) is 7.32. The van der Waals surface area contributed by atoms with Crippen molar-refractivity contribution < 1.29 is 24.2 Å². The van der Waals surface area contributed by atoms with Crippen molar-refractivity contribution in [3.05, 3.63) is 58.6 Å². The number of fused-ring (bicyclic) bond motifs is 1. The van der Waals surface area contributed by atoms with Crippen LogP contribution < -0.4 is 10.3 Å². The first kappa shape index (κ1) is 25.4.